The number of nitrogens with one attached hydrogen (secondary N) is 2. The van der Waals surface area contributed by atoms with Crippen LogP contribution in [0.15, 0.2) is 0 Å². The Labute approximate surface area is 77.0 Å². The van der Waals surface area contributed by atoms with Gasteiger partial charge in [0.2, 0.25) is 0 Å². The largest absolute Gasteiger partial charge is 0.611 e. The Morgan fingerprint density at radius 3 is 3.08 bits per heavy atom. The molecule has 0 aromatic heterocycles. The highest BCUT2D eigenvalue weighted by Crippen LogP contribution is 1.91. The van der Waals surface area contributed by atoms with E-state index in [0.29, 0.717) is 6.61 Å². The molecule has 0 aromatic rings. The number of hydroxylamine groups is 1. The maximum Gasteiger partial charge on any atom is 0.300 e. The van der Waals surface area contributed by atoms with Gasteiger partial charge in [0.25, 0.3) is 5.91 Å². The average molecular weight is 189 g/mol. The fourth-order valence-electron chi connectivity index (χ4n) is 0.992. The van der Waals surface area contributed by atoms with Gasteiger partial charge in [-0.2, -0.15) is 0 Å². The molecule has 1 aliphatic heterocycles. The molecule has 1 heterocycles. The number of carbonyl (C=O) groups excluding carboxylic acids is 1. The van der Waals surface area contributed by atoms with Crippen molar-refractivity contribution in [3.63, 3.8) is 0 Å². The van der Waals surface area contributed by atoms with Crippen LogP contribution in [0.5, 0.6) is 0 Å². The summed E-state index contributed by atoms with van der Waals surface area (Å²) in [4.78, 5) is 11.0. The maximum absolute atomic E-state index is 11.0. The third-order valence-corrected chi connectivity index (χ3v) is 1.74. The van der Waals surface area contributed by atoms with Gasteiger partial charge in [-0.15, -0.1) is 0 Å². The molecule has 1 unspecified atom stereocenters. The first-order chi connectivity index (χ1) is 6.24. The molecular weight excluding hydrogens is 174 g/mol. The minimum Gasteiger partial charge on any atom is -0.611 e. The third kappa shape index (κ3) is 3.27. The van der Waals surface area contributed by atoms with Crippen molar-refractivity contribution in [3.8, 4) is 0 Å². The number of amides is 1. The molecule has 1 fully saturated rings. The van der Waals surface area contributed by atoms with Crippen LogP contribution in [0.25, 0.3) is 0 Å². The molecule has 1 saturated heterocycles. The summed E-state index contributed by atoms with van der Waals surface area (Å²) in [7, 11) is 0. The zero-order valence-electron chi connectivity index (χ0n) is 7.71. The first-order valence-corrected chi connectivity index (χ1v) is 4.41. The molecule has 0 radical (unpaired) electrons. The quantitative estimate of drug-likeness (QED) is 0.404. The second-order valence-corrected chi connectivity index (χ2v) is 2.92. The van der Waals surface area contributed by atoms with Crippen molar-refractivity contribution in [2.24, 2.45) is 0 Å². The van der Waals surface area contributed by atoms with E-state index in [1.165, 1.54) is 5.01 Å². The van der Waals surface area contributed by atoms with Crippen LogP contribution >= 0.6 is 0 Å². The molecule has 13 heavy (non-hydrogen) atoms. The van der Waals surface area contributed by atoms with Crippen LogP contribution in [0.2, 0.25) is 0 Å². The highest BCUT2D eigenvalue weighted by atomic mass is 16.6. The summed E-state index contributed by atoms with van der Waals surface area (Å²) >= 11 is 0. The summed E-state index contributed by atoms with van der Waals surface area (Å²) in [5.41, 5.74) is 2.40. The number of rotatable bonds is 5. The van der Waals surface area contributed by atoms with Crippen LogP contribution in [0, 0.1) is 5.21 Å². The van der Waals surface area contributed by atoms with Gasteiger partial charge in [0.15, 0.2) is 6.54 Å². The Kier molecular flexibility index (Phi) is 4.10. The second-order valence-electron chi connectivity index (χ2n) is 2.92. The Morgan fingerprint density at radius 2 is 2.54 bits per heavy atom. The summed E-state index contributed by atoms with van der Waals surface area (Å²) in [5.74, 6) is -0.221. The molecule has 6 nitrogen and oxygen atoms in total. The monoisotopic (exact) mass is 189 g/mol. The van der Waals surface area contributed by atoms with Crippen LogP contribution in [-0.2, 0) is 9.53 Å². The summed E-state index contributed by atoms with van der Waals surface area (Å²) in [5, 5.41) is 11.7. The summed E-state index contributed by atoms with van der Waals surface area (Å²) in [6, 6.07) is 0. The Bertz CT molecular complexity index is 176. The smallest absolute Gasteiger partial charge is 0.300 e. The number of ether oxygens (including phenoxy) is 1. The van der Waals surface area contributed by atoms with Gasteiger partial charge in [0.1, 0.15) is 6.73 Å². The number of hydrogen-bond donors (Lipinski definition) is 2. The van der Waals surface area contributed by atoms with E-state index >= 15 is 0 Å². The first kappa shape index (κ1) is 10.4. The lowest BCUT2D eigenvalue weighted by atomic mass is 10.4. The van der Waals surface area contributed by atoms with Crippen molar-refractivity contribution in [1.29, 1.82) is 0 Å². The van der Waals surface area contributed by atoms with E-state index in [4.69, 9.17) is 4.74 Å². The van der Waals surface area contributed by atoms with Gasteiger partial charge in [0.05, 0.1) is 0 Å². The normalized spacial score (nSPS) is 22.8. The zero-order valence-corrected chi connectivity index (χ0v) is 7.71. The fraction of sp³-hybridized carbons (Fsp3) is 0.857. The minimum absolute atomic E-state index is 0.0584. The number of quaternary nitrogens is 1. The maximum atomic E-state index is 11.0. The lowest BCUT2D eigenvalue weighted by molar-refractivity contribution is -0.890. The third-order valence-electron chi connectivity index (χ3n) is 1.74. The van der Waals surface area contributed by atoms with Gasteiger partial charge in [-0.25, -0.2) is 5.01 Å². The number of hydrogen-bond acceptors (Lipinski definition) is 4. The molecule has 0 aromatic carbocycles. The van der Waals surface area contributed by atoms with Crippen molar-refractivity contribution in [2.45, 2.75) is 19.8 Å². The molecule has 0 aliphatic carbocycles. The van der Waals surface area contributed by atoms with E-state index in [1.807, 2.05) is 0 Å². The molecule has 1 rings (SSSR count). The van der Waals surface area contributed by atoms with E-state index in [1.54, 1.807) is 0 Å². The van der Waals surface area contributed by atoms with Crippen molar-refractivity contribution in [2.75, 3.05) is 19.9 Å². The molecule has 0 spiro atoms. The predicted octanol–water partition coefficient (Wildman–Crippen LogP) is -1.59. The summed E-state index contributed by atoms with van der Waals surface area (Å²) < 4.78 is 5.17. The molecule has 76 valence electrons. The van der Waals surface area contributed by atoms with E-state index in [9.17, 15) is 10.0 Å². The van der Waals surface area contributed by atoms with E-state index in [0.717, 1.165) is 12.8 Å². The van der Waals surface area contributed by atoms with Crippen LogP contribution < -0.4 is 10.7 Å². The van der Waals surface area contributed by atoms with Crippen LogP contribution in [0.1, 0.15) is 19.8 Å². The Balaban J connectivity index is 2.11. The molecule has 1 amide bonds. The molecular formula is C7H15N3O3. The SMILES string of the molecule is CCCCOCN1N[NH+]([O-])CC1=O. The van der Waals surface area contributed by atoms with Crippen LogP contribution in [0.4, 0.5) is 0 Å². The van der Waals surface area contributed by atoms with Crippen LogP contribution in [0.3, 0.4) is 0 Å². The lowest BCUT2D eigenvalue weighted by Crippen LogP contribution is -3.12. The molecule has 1 atom stereocenters. The van der Waals surface area contributed by atoms with Crippen molar-refractivity contribution >= 4 is 5.91 Å². The van der Waals surface area contributed by atoms with Crippen molar-refractivity contribution < 1.29 is 14.7 Å². The van der Waals surface area contributed by atoms with E-state index < -0.39 is 0 Å². The average Bonchev–Trinajstić information content (AvgIpc) is 2.39. The molecule has 6 heteroatoms. The Morgan fingerprint density at radius 1 is 1.77 bits per heavy atom. The number of nitrogens with zero attached hydrogens (tertiary/aromatic N) is 1. The van der Waals surface area contributed by atoms with Gasteiger partial charge in [-0.3, -0.25) is 9.97 Å². The first-order valence-electron chi connectivity index (χ1n) is 4.41. The van der Waals surface area contributed by atoms with Gasteiger partial charge >= 0.3 is 0 Å². The van der Waals surface area contributed by atoms with Gasteiger partial charge < -0.3 is 9.94 Å². The minimum atomic E-state index is -0.260. The number of carbonyl (C=O) groups is 1. The van der Waals surface area contributed by atoms with Gasteiger partial charge in [-0.05, 0) is 6.42 Å². The van der Waals surface area contributed by atoms with Crippen molar-refractivity contribution in [1.82, 2.24) is 10.5 Å². The zero-order chi connectivity index (χ0) is 9.68. The molecule has 2 N–H and O–H groups in total. The Hall–Kier alpha value is -0.690. The number of unbranched alkanes of at least 4 members (excludes halogenated alkanes) is 1. The number of hydrazine groups is 1. The predicted molar refractivity (Wildman–Crippen MR) is 44.9 cm³/mol. The summed E-state index contributed by atoms with van der Waals surface area (Å²) in [6.07, 6.45) is 2.02. The molecule has 0 saturated carbocycles. The molecule has 0 bridgehead atoms. The fourth-order valence-corrected chi connectivity index (χ4v) is 0.992. The summed E-state index contributed by atoms with van der Waals surface area (Å²) in [6.45, 7) is 2.78. The second kappa shape index (κ2) is 5.13. The van der Waals surface area contributed by atoms with Crippen molar-refractivity contribution in [3.05, 3.63) is 5.21 Å². The topological polar surface area (TPSA) is 69.1 Å². The van der Waals surface area contributed by atoms with Crippen LogP contribution in [-0.4, -0.2) is 30.8 Å². The van der Waals surface area contributed by atoms with Gasteiger partial charge in [0, 0.05) is 6.61 Å². The van der Waals surface area contributed by atoms with E-state index in [2.05, 4.69) is 12.5 Å². The van der Waals surface area contributed by atoms with Gasteiger partial charge in [-0.1, -0.05) is 18.9 Å². The lowest BCUT2D eigenvalue weighted by Gasteiger charge is -2.16. The van der Waals surface area contributed by atoms with E-state index in [-0.39, 0.29) is 24.4 Å². The molecule has 1 aliphatic rings. The highest BCUT2D eigenvalue weighted by Gasteiger charge is 2.26. The standard InChI is InChI=1S/C7H15N3O3/c1-2-3-4-13-6-9-7(11)5-10(12)8-9/h8,10H,2-6H2,1H3. The highest BCUT2D eigenvalue weighted by molar-refractivity contribution is 5.77.